The summed E-state index contributed by atoms with van der Waals surface area (Å²) >= 11 is 0. The Morgan fingerprint density at radius 1 is 1.19 bits per heavy atom. The third-order valence-electron chi connectivity index (χ3n) is 5.02. The Kier molecular flexibility index (Phi) is 7.33. The van der Waals surface area contributed by atoms with Gasteiger partial charge in [0.25, 0.3) is 0 Å². The van der Waals surface area contributed by atoms with Gasteiger partial charge < -0.3 is 14.8 Å². The summed E-state index contributed by atoms with van der Waals surface area (Å²) in [5, 5.41) is 3.15. The molecule has 1 atom stereocenters. The van der Waals surface area contributed by atoms with Crippen LogP contribution in [0.2, 0.25) is 0 Å². The molecule has 1 aliphatic rings. The number of nitrogens with zero attached hydrogens (tertiary/aromatic N) is 1. The molecule has 5 nitrogen and oxygen atoms in total. The predicted molar refractivity (Wildman–Crippen MR) is 105 cm³/mol. The van der Waals surface area contributed by atoms with Gasteiger partial charge in [-0.05, 0) is 68.8 Å². The number of benzene rings is 1. The molecule has 1 fully saturated rings. The molecule has 26 heavy (non-hydrogen) atoms. The van der Waals surface area contributed by atoms with E-state index in [9.17, 15) is 4.79 Å². The maximum atomic E-state index is 12.6. The molecular formula is C21H34N2O3. The molecule has 0 bridgehead atoms. The Balaban J connectivity index is 1.99. The number of rotatable bonds is 10. The molecular weight excluding hydrogens is 328 g/mol. The molecule has 0 saturated heterocycles. The van der Waals surface area contributed by atoms with Crippen LogP contribution in [-0.2, 0) is 4.79 Å². The lowest BCUT2D eigenvalue weighted by Gasteiger charge is -2.24. The van der Waals surface area contributed by atoms with E-state index in [0.717, 1.165) is 24.1 Å². The standard InChI is InChI=1S/C21H34N2O3/c1-14(2)9-10-23(17-7-8-17)13-21(24)22-16(4)18-12-20(26-6)19(25-5)11-15(18)3/h11-12,14,16-17H,7-10,13H2,1-6H3,(H,22,24). The van der Waals surface area contributed by atoms with Crippen molar-refractivity contribution in [3.63, 3.8) is 0 Å². The number of ether oxygens (including phenoxy) is 2. The molecule has 1 unspecified atom stereocenters. The summed E-state index contributed by atoms with van der Waals surface area (Å²) in [6.45, 7) is 9.98. The number of carbonyl (C=O) groups is 1. The zero-order valence-corrected chi connectivity index (χ0v) is 17.1. The molecule has 1 aliphatic carbocycles. The van der Waals surface area contributed by atoms with Gasteiger partial charge in [-0.2, -0.15) is 0 Å². The van der Waals surface area contributed by atoms with Crippen LogP contribution >= 0.6 is 0 Å². The summed E-state index contributed by atoms with van der Waals surface area (Å²) in [4.78, 5) is 14.9. The molecule has 0 aromatic heterocycles. The first-order chi connectivity index (χ1) is 12.3. The van der Waals surface area contributed by atoms with Gasteiger partial charge in [0.1, 0.15) is 0 Å². The molecule has 1 saturated carbocycles. The van der Waals surface area contributed by atoms with Crippen molar-refractivity contribution in [3.05, 3.63) is 23.3 Å². The summed E-state index contributed by atoms with van der Waals surface area (Å²) in [7, 11) is 3.26. The van der Waals surface area contributed by atoms with E-state index in [2.05, 4.69) is 24.1 Å². The van der Waals surface area contributed by atoms with Gasteiger partial charge in [-0.15, -0.1) is 0 Å². The summed E-state index contributed by atoms with van der Waals surface area (Å²) in [6.07, 6.45) is 3.57. The molecule has 2 rings (SSSR count). The number of nitrogens with one attached hydrogen (secondary N) is 1. The van der Waals surface area contributed by atoms with Gasteiger partial charge in [0.15, 0.2) is 11.5 Å². The van der Waals surface area contributed by atoms with E-state index in [0.29, 0.717) is 30.0 Å². The first-order valence-corrected chi connectivity index (χ1v) is 9.61. The second-order valence-corrected chi connectivity index (χ2v) is 7.74. The minimum atomic E-state index is -0.0755. The molecule has 1 N–H and O–H groups in total. The third kappa shape index (κ3) is 5.63. The maximum absolute atomic E-state index is 12.6. The van der Waals surface area contributed by atoms with E-state index < -0.39 is 0 Å². The normalized spacial score (nSPS) is 15.2. The second-order valence-electron chi connectivity index (χ2n) is 7.74. The van der Waals surface area contributed by atoms with E-state index >= 15 is 0 Å². The quantitative estimate of drug-likeness (QED) is 0.689. The van der Waals surface area contributed by atoms with Crippen molar-refractivity contribution in [2.45, 2.75) is 59.0 Å². The van der Waals surface area contributed by atoms with E-state index in [1.807, 2.05) is 26.0 Å². The van der Waals surface area contributed by atoms with Crippen LogP contribution in [0.15, 0.2) is 12.1 Å². The molecule has 0 aliphatic heterocycles. The smallest absolute Gasteiger partial charge is 0.234 e. The summed E-state index contributed by atoms with van der Waals surface area (Å²) in [5.74, 6) is 2.14. The molecule has 0 heterocycles. The molecule has 0 spiro atoms. The highest BCUT2D eigenvalue weighted by Crippen LogP contribution is 2.33. The average molecular weight is 363 g/mol. The van der Waals surface area contributed by atoms with Crippen LogP contribution in [0.4, 0.5) is 0 Å². The Hall–Kier alpha value is -1.75. The van der Waals surface area contributed by atoms with Gasteiger partial charge in [-0.3, -0.25) is 9.69 Å². The van der Waals surface area contributed by atoms with Gasteiger partial charge in [-0.25, -0.2) is 0 Å². The van der Waals surface area contributed by atoms with E-state index in [1.54, 1.807) is 14.2 Å². The number of hydrogen-bond acceptors (Lipinski definition) is 4. The topological polar surface area (TPSA) is 50.8 Å². The van der Waals surface area contributed by atoms with Crippen LogP contribution < -0.4 is 14.8 Å². The largest absolute Gasteiger partial charge is 0.493 e. The van der Waals surface area contributed by atoms with Gasteiger partial charge >= 0.3 is 0 Å². The van der Waals surface area contributed by atoms with Crippen molar-refractivity contribution in [1.82, 2.24) is 10.2 Å². The van der Waals surface area contributed by atoms with Crippen molar-refractivity contribution >= 4 is 5.91 Å². The first-order valence-electron chi connectivity index (χ1n) is 9.61. The van der Waals surface area contributed by atoms with Crippen molar-refractivity contribution < 1.29 is 14.3 Å². The lowest BCUT2D eigenvalue weighted by atomic mass is 10.0. The van der Waals surface area contributed by atoms with Crippen LogP contribution in [0.3, 0.4) is 0 Å². The minimum Gasteiger partial charge on any atom is -0.493 e. The minimum absolute atomic E-state index is 0.0755. The molecule has 0 radical (unpaired) electrons. The fourth-order valence-corrected chi connectivity index (χ4v) is 3.27. The van der Waals surface area contributed by atoms with Crippen molar-refractivity contribution in [3.8, 4) is 11.5 Å². The Morgan fingerprint density at radius 3 is 2.35 bits per heavy atom. The van der Waals surface area contributed by atoms with Gasteiger partial charge in [-0.1, -0.05) is 13.8 Å². The molecule has 1 aromatic carbocycles. The van der Waals surface area contributed by atoms with Gasteiger partial charge in [0.2, 0.25) is 5.91 Å². The van der Waals surface area contributed by atoms with Crippen LogP contribution in [0, 0.1) is 12.8 Å². The lowest BCUT2D eigenvalue weighted by Crippen LogP contribution is -2.40. The predicted octanol–water partition coefficient (Wildman–Crippen LogP) is 3.70. The number of methoxy groups -OCH3 is 2. The lowest BCUT2D eigenvalue weighted by molar-refractivity contribution is -0.123. The zero-order chi connectivity index (χ0) is 19.3. The number of hydrogen-bond donors (Lipinski definition) is 1. The third-order valence-corrected chi connectivity index (χ3v) is 5.02. The van der Waals surface area contributed by atoms with Gasteiger partial charge in [0, 0.05) is 6.04 Å². The van der Waals surface area contributed by atoms with E-state index in [1.165, 1.54) is 12.8 Å². The van der Waals surface area contributed by atoms with Crippen LogP contribution in [0.5, 0.6) is 11.5 Å². The van der Waals surface area contributed by atoms with Crippen LogP contribution in [0.25, 0.3) is 0 Å². The van der Waals surface area contributed by atoms with E-state index in [-0.39, 0.29) is 11.9 Å². The summed E-state index contributed by atoms with van der Waals surface area (Å²) < 4.78 is 10.7. The molecule has 5 heteroatoms. The monoisotopic (exact) mass is 362 g/mol. The summed E-state index contributed by atoms with van der Waals surface area (Å²) in [6, 6.07) is 4.43. The first kappa shape index (κ1) is 20.6. The Labute approximate surface area is 158 Å². The molecule has 1 amide bonds. The average Bonchev–Trinajstić information content (AvgIpc) is 3.42. The highest BCUT2D eigenvalue weighted by Gasteiger charge is 2.30. The van der Waals surface area contributed by atoms with Crippen molar-refractivity contribution in [1.29, 1.82) is 0 Å². The molecule has 146 valence electrons. The SMILES string of the molecule is COc1cc(C)c(C(C)NC(=O)CN(CCC(C)C)C2CC2)cc1OC. The number of amides is 1. The van der Waals surface area contributed by atoms with Crippen LogP contribution in [-0.4, -0.2) is 44.2 Å². The van der Waals surface area contributed by atoms with Crippen molar-refractivity contribution in [2.24, 2.45) is 5.92 Å². The summed E-state index contributed by atoms with van der Waals surface area (Å²) in [5.41, 5.74) is 2.13. The fourth-order valence-electron chi connectivity index (χ4n) is 3.27. The van der Waals surface area contributed by atoms with E-state index in [4.69, 9.17) is 9.47 Å². The van der Waals surface area contributed by atoms with Crippen LogP contribution in [0.1, 0.15) is 57.2 Å². The Bertz CT molecular complexity index is 612. The zero-order valence-electron chi connectivity index (χ0n) is 17.1. The number of aryl methyl sites for hydroxylation is 1. The second kappa shape index (κ2) is 9.26. The Morgan fingerprint density at radius 2 is 1.81 bits per heavy atom. The number of carbonyl (C=O) groups excluding carboxylic acids is 1. The highest BCUT2D eigenvalue weighted by atomic mass is 16.5. The molecule has 1 aromatic rings. The van der Waals surface area contributed by atoms with Gasteiger partial charge in [0.05, 0.1) is 26.8 Å². The maximum Gasteiger partial charge on any atom is 0.234 e. The highest BCUT2D eigenvalue weighted by molar-refractivity contribution is 5.78. The fraction of sp³-hybridized carbons (Fsp3) is 0.667. The van der Waals surface area contributed by atoms with Crippen molar-refractivity contribution in [2.75, 3.05) is 27.3 Å².